The summed E-state index contributed by atoms with van der Waals surface area (Å²) in [4.78, 5) is 15.7. The van der Waals surface area contributed by atoms with Crippen LogP contribution in [-0.2, 0) is 6.54 Å². The molecule has 2 atom stereocenters. The maximum Gasteiger partial charge on any atom is 0.276 e. The first-order valence-corrected chi connectivity index (χ1v) is 9.11. The molecule has 1 aliphatic heterocycles. The number of hydrogen-bond donors (Lipinski definition) is 1. The molecule has 128 valence electrons. The van der Waals surface area contributed by atoms with Crippen molar-refractivity contribution in [2.45, 2.75) is 18.5 Å². The van der Waals surface area contributed by atoms with Crippen LogP contribution in [0.5, 0.6) is 0 Å². The summed E-state index contributed by atoms with van der Waals surface area (Å²) in [5, 5.41) is 10.1. The van der Waals surface area contributed by atoms with Gasteiger partial charge in [0.15, 0.2) is 5.69 Å². The number of nitrogens with two attached hydrogens (primary N) is 1. The van der Waals surface area contributed by atoms with Gasteiger partial charge in [0, 0.05) is 29.9 Å². The van der Waals surface area contributed by atoms with E-state index in [0.29, 0.717) is 25.3 Å². The number of rotatable bonds is 4. The number of aromatic nitrogens is 3. The number of amides is 1. The van der Waals surface area contributed by atoms with E-state index in [1.807, 2.05) is 35.7 Å². The van der Waals surface area contributed by atoms with Crippen LogP contribution in [0, 0.1) is 0 Å². The molecule has 1 fully saturated rings. The molecule has 4 rings (SSSR count). The molecule has 7 heteroatoms. The van der Waals surface area contributed by atoms with Gasteiger partial charge in [0.1, 0.15) is 0 Å². The first-order chi connectivity index (χ1) is 12.2. The van der Waals surface area contributed by atoms with Gasteiger partial charge in [-0.3, -0.25) is 4.79 Å². The van der Waals surface area contributed by atoms with Crippen LogP contribution in [0.3, 0.4) is 0 Å². The van der Waals surface area contributed by atoms with E-state index >= 15 is 0 Å². The molecule has 0 radical (unpaired) electrons. The second-order valence-electron chi connectivity index (χ2n) is 6.27. The molecule has 0 bridgehead atoms. The fraction of sp³-hybridized carbons (Fsp3) is 0.278. The van der Waals surface area contributed by atoms with Gasteiger partial charge in [-0.05, 0) is 17.0 Å². The number of likely N-dealkylation sites (tertiary alicyclic amines) is 1. The van der Waals surface area contributed by atoms with Crippen molar-refractivity contribution in [2.75, 3.05) is 13.1 Å². The highest BCUT2D eigenvalue weighted by molar-refractivity contribution is 7.09. The number of carbonyl (C=O) groups excluding carboxylic acids is 1. The molecule has 6 nitrogen and oxygen atoms in total. The van der Waals surface area contributed by atoms with E-state index in [4.69, 9.17) is 5.73 Å². The van der Waals surface area contributed by atoms with Gasteiger partial charge in [-0.15, -0.1) is 16.4 Å². The Labute approximate surface area is 149 Å². The summed E-state index contributed by atoms with van der Waals surface area (Å²) in [6, 6.07) is 14.1. The van der Waals surface area contributed by atoms with Crippen LogP contribution in [-0.4, -0.2) is 44.9 Å². The van der Waals surface area contributed by atoms with Crippen molar-refractivity contribution in [3.63, 3.8) is 0 Å². The second-order valence-corrected chi connectivity index (χ2v) is 7.30. The predicted octanol–water partition coefficient (Wildman–Crippen LogP) is 1.95. The van der Waals surface area contributed by atoms with Gasteiger partial charge in [0.05, 0.1) is 12.7 Å². The second kappa shape index (κ2) is 6.78. The standard InChI is InChI=1S/C18H19N5OS/c19-16-11-22(10-15(16)13-5-2-1-3-6-13)18(24)17-12-23(21-20-17)9-14-7-4-8-25-14/h1-8,12,15-16H,9-11,19H2/t15-,16+/m0/s1. The van der Waals surface area contributed by atoms with Gasteiger partial charge < -0.3 is 10.6 Å². The largest absolute Gasteiger partial charge is 0.335 e. The van der Waals surface area contributed by atoms with Crippen LogP contribution in [0.2, 0.25) is 0 Å². The number of hydrogen-bond acceptors (Lipinski definition) is 5. The van der Waals surface area contributed by atoms with E-state index < -0.39 is 0 Å². The molecule has 2 aromatic heterocycles. The van der Waals surface area contributed by atoms with Gasteiger partial charge in [-0.1, -0.05) is 41.6 Å². The lowest BCUT2D eigenvalue weighted by molar-refractivity contribution is 0.0783. The fourth-order valence-corrected chi connectivity index (χ4v) is 3.94. The summed E-state index contributed by atoms with van der Waals surface area (Å²) in [5.74, 6) is 0.0534. The van der Waals surface area contributed by atoms with Crippen LogP contribution < -0.4 is 5.73 Å². The van der Waals surface area contributed by atoms with E-state index in [0.717, 1.165) is 0 Å². The van der Waals surface area contributed by atoms with Gasteiger partial charge in [-0.25, -0.2) is 4.68 Å². The summed E-state index contributed by atoms with van der Waals surface area (Å²) >= 11 is 1.66. The van der Waals surface area contributed by atoms with Gasteiger partial charge >= 0.3 is 0 Å². The number of nitrogens with zero attached hydrogens (tertiary/aromatic N) is 4. The van der Waals surface area contributed by atoms with Crippen LogP contribution in [0.25, 0.3) is 0 Å². The fourth-order valence-electron chi connectivity index (χ4n) is 3.25. The van der Waals surface area contributed by atoms with E-state index in [9.17, 15) is 4.79 Å². The summed E-state index contributed by atoms with van der Waals surface area (Å²) < 4.78 is 1.70. The first-order valence-electron chi connectivity index (χ1n) is 8.23. The number of carbonyl (C=O) groups is 1. The molecular weight excluding hydrogens is 334 g/mol. The highest BCUT2D eigenvalue weighted by Crippen LogP contribution is 2.27. The Bertz CT molecular complexity index is 846. The highest BCUT2D eigenvalue weighted by atomic mass is 32.1. The maximum atomic E-state index is 12.7. The molecule has 0 spiro atoms. The number of benzene rings is 1. The average Bonchev–Trinajstić information content (AvgIpc) is 3.37. The average molecular weight is 353 g/mol. The first kappa shape index (κ1) is 16.0. The zero-order valence-electron chi connectivity index (χ0n) is 13.7. The topological polar surface area (TPSA) is 77.0 Å². The molecule has 0 unspecified atom stereocenters. The molecule has 0 saturated carbocycles. The molecule has 1 saturated heterocycles. The van der Waals surface area contributed by atoms with Crippen molar-refractivity contribution in [1.29, 1.82) is 0 Å². The molecule has 2 N–H and O–H groups in total. The third kappa shape index (κ3) is 3.33. The third-order valence-electron chi connectivity index (χ3n) is 4.54. The van der Waals surface area contributed by atoms with Crippen molar-refractivity contribution in [2.24, 2.45) is 5.73 Å². The van der Waals surface area contributed by atoms with Crippen LogP contribution >= 0.6 is 11.3 Å². The zero-order valence-corrected chi connectivity index (χ0v) is 14.5. The van der Waals surface area contributed by atoms with Crippen LogP contribution in [0.1, 0.15) is 26.8 Å². The number of thiophene rings is 1. The van der Waals surface area contributed by atoms with Gasteiger partial charge in [-0.2, -0.15) is 0 Å². The summed E-state index contributed by atoms with van der Waals surface area (Å²) in [6.45, 7) is 1.78. The Kier molecular flexibility index (Phi) is 4.33. The Balaban J connectivity index is 1.46. The van der Waals surface area contributed by atoms with E-state index in [2.05, 4.69) is 22.4 Å². The Hall–Kier alpha value is -2.51. The van der Waals surface area contributed by atoms with Crippen molar-refractivity contribution in [3.05, 3.63) is 70.2 Å². The smallest absolute Gasteiger partial charge is 0.276 e. The summed E-state index contributed by atoms with van der Waals surface area (Å²) in [5.41, 5.74) is 7.82. The van der Waals surface area contributed by atoms with Crippen LogP contribution in [0.4, 0.5) is 0 Å². The lowest BCUT2D eigenvalue weighted by Crippen LogP contribution is -2.32. The maximum absolute atomic E-state index is 12.7. The monoisotopic (exact) mass is 353 g/mol. The van der Waals surface area contributed by atoms with Crippen molar-refractivity contribution < 1.29 is 4.79 Å². The minimum atomic E-state index is -0.105. The molecule has 3 aromatic rings. The summed E-state index contributed by atoms with van der Waals surface area (Å²) in [6.07, 6.45) is 1.71. The molecule has 3 heterocycles. The Morgan fingerprint density at radius 3 is 2.80 bits per heavy atom. The van der Waals surface area contributed by atoms with Crippen molar-refractivity contribution in [3.8, 4) is 0 Å². The van der Waals surface area contributed by atoms with E-state index in [-0.39, 0.29) is 17.9 Å². The van der Waals surface area contributed by atoms with Crippen LogP contribution in [0.15, 0.2) is 54.0 Å². The quantitative estimate of drug-likeness (QED) is 0.778. The Morgan fingerprint density at radius 1 is 1.20 bits per heavy atom. The van der Waals surface area contributed by atoms with E-state index in [1.54, 1.807) is 27.1 Å². The lowest BCUT2D eigenvalue weighted by atomic mass is 9.95. The lowest BCUT2D eigenvalue weighted by Gasteiger charge is -2.15. The van der Waals surface area contributed by atoms with Gasteiger partial charge in [0.25, 0.3) is 5.91 Å². The van der Waals surface area contributed by atoms with Gasteiger partial charge in [0.2, 0.25) is 0 Å². The summed E-state index contributed by atoms with van der Waals surface area (Å²) in [7, 11) is 0. The SMILES string of the molecule is N[C@@H]1CN(C(=O)c2cn(Cc3cccs3)nn2)C[C@H]1c1ccccc1. The normalized spacial score (nSPS) is 20.1. The van der Waals surface area contributed by atoms with Crippen molar-refractivity contribution >= 4 is 17.2 Å². The molecule has 1 aliphatic rings. The minimum absolute atomic E-state index is 0.0625. The molecule has 1 aromatic carbocycles. The molecular formula is C18H19N5OS. The zero-order chi connectivity index (χ0) is 17.2. The highest BCUT2D eigenvalue weighted by Gasteiger charge is 2.35. The molecule has 1 amide bonds. The van der Waals surface area contributed by atoms with Crippen molar-refractivity contribution in [1.82, 2.24) is 19.9 Å². The predicted molar refractivity (Wildman–Crippen MR) is 96.5 cm³/mol. The van der Waals surface area contributed by atoms with E-state index in [1.165, 1.54) is 10.4 Å². The minimum Gasteiger partial charge on any atom is -0.335 e. The molecule has 25 heavy (non-hydrogen) atoms. The molecule has 0 aliphatic carbocycles. The third-order valence-corrected chi connectivity index (χ3v) is 5.40. The Morgan fingerprint density at radius 2 is 2.04 bits per heavy atom.